The molecule has 27 heavy (non-hydrogen) atoms. The van der Waals surface area contributed by atoms with Crippen molar-refractivity contribution in [1.82, 2.24) is 25.3 Å². The Bertz CT molecular complexity index is 1020. The molecule has 3 aromatic rings. The number of aromatic amines is 1. The van der Waals surface area contributed by atoms with Gasteiger partial charge < -0.3 is 10.4 Å². The highest BCUT2D eigenvalue weighted by atomic mass is 16.3. The highest BCUT2D eigenvalue weighted by Crippen LogP contribution is 2.27. The number of aromatic hydroxyl groups is 1. The predicted octanol–water partition coefficient (Wildman–Crippen LogP) is 2.42. The van der Waals surface area contributed by atoms with Gasteiger partial charge >= 0.3 is 0 Å². The maximum Gasteiger partial charge on any atom is 0.269 e. The van der Waals surface area contributed by atoms with Crippen LogP contribution in [0.1, 0.15) is 39.4 Å². The van der Waals surface area contributed by atoms with E-state index in [-0.39, 0.29) is 11.9 Å². The molecule has 4 rings (SSSR count). The summed E-state index contributed by atoms with van der Waals surface area (Å²) in [4.78, 5) is 12.7. The second-order valence-electron chi connectivity index (χ2n) is 7.20. The summed E-state index contributed by atoms with van der Waals surface area (Å²) in [6.45, 7) is 3.93. The summed E-state index contributed by atoms with van der Waals surface area (Å²) < 4.78 is 1.82. The third-order valence-corrected chi connectivity index (χ3v) is 5.34. The van der Waals surface area contributed by atoms with Crippen molar-refractivity contribution in [3.63, 3.8) is 0 Å². The molecule has 0 spiro atoms. The van der Waals surface area contributed by atoms with E-state index in [9.17, 15) is 9.90 Å². The number of carbonyl (C=O) groups is 1. The molecular formula is C20H23N5O2. The molecule has 2 aromatic heterocycles. The normalized spacial score (nSPS) is 16.2. The average molecular weight is 365 g/mol. The van der Waals surface area contributed by atoms with Gasteiger partial charge in [0.05, 0.1) is 11.4 Å². The lowest BCUT2D eigenvalue weighted by Gasteiger charge is -2.25. The monoisotopic (exact) mass is 365 g/mol. The fourth-order valence-electron chi connectivity index (χ4n) is 3.84. The fourth-order valence-corrected chi connectivity index (χ4v) is 3.84. The maximum absolute atomic E-state index is 12.7. The molecule has 3 N–H and O–H groups in total. The molecule has 0 saturated heterocycles. The molecule has 1 aromatic carbocycles. The van der Waals surface area contributed by atoms with Crippen molar-refractivity contribution >= 4 is 5.91 Å². The molecule has 0 saturated carbocycles. The minimum atomic E-state index is -0.153. The van der Waals surface area contributed by atoms with Gasteiger partial charge in [0.15, 0.2) is 0 Å². The van der Waals surface area contributed by atoms with Crippen LogP contribution in [0.25, 0.3) is 11.3 Å². The molecule has 0 aliphatic heterocycles. The number of benzene rings is 1. The summed E-state index contributed by atoms with van der Waals surface area (Å²) >= 11 is 0. The summed E-state index contributed by atoms with van der Waals surface area (Å²) in [6, 6.07) is 7.30. The Balaban J connectivity index is 1.48. The third kappa shape index (κ3) is 3.20. The number of phenolic OH excluding ortho intramolecular Hbond substituents is 1. The molecule has 1 aliphatic rings. The van der Waals surface area contributed by atoms with Crippen molar-refractivity contribution < 1.29 is 9.90 Å². The number of fused-ring (bicyclic) bond motifs is 1. The number of nitrogens with zero attached hydrogens (tertiary/aromatic N) is 3. The highest BCUT2D eigenvalue weighted by Gasteiger charge is 2.23. The molecule has 1 unspecified atom stereocenters. The summed E-state index contributed by atoms with van der Waals surface area (Å²) in [6.07, 6.45) is 2.46. The molecule has 7 heteroatoms. The van der Waals surface area contributed by atoms with E-state index in [2.05, 4.69) is 20.6 Å². The number of rotatable bonds is 3. The Morgan fingerprint density at radius 3 is 2.85 bits per heavy atom. The van der Waals surface area contributed by atoms with Crippen molar-refractivity contribution in [2.24, 2.45) is 7.05 Å². The fraction of sp³-hybridized carbons (Fsp3) is 0.350. The number of H-pyrrole nitrogens is 1. The van der Waals surface area contributed by atoms with Gasteiger partial charge in [0, 0.05) is 24.3 Å². The van der Waals surface area contributed by atoms with Crippen LogP contribution in [-0.4, -0.2) is 37.0 Å². The van der Waals surface area contributed by atoms with E-state index in [0.29, 0.717) is 11.4 Å². The third-order valence-electron chi connectivity index (χ3n) is 5.34. The lowest BCUT2D eigenvalue weighted by Crippen LogP contribution is -2.39. The van der Waals surface area contributed by atoms with Crippen LogP contribution in [0.15, 0.2) is 24.3 Å². The number of hydrogen-bond acceptors (Lipinski definition) is 4. The zero-order valence-corrected chi connectivity index (χ0v) is 15.7. The Morgan fingerprint density at radius 2 is 2.11 bits per heavy atom. The molecule has 0 fully saturated rings. The standard InChI is InChI=1S/C20H23N5O2/c1-11-19(12(2)25(3)24-11)17-10-18(23-22-17)20(27)21-15-6-4-14-9-16(26)7-5-13(14)8-15/h5,7,9-10,15,26H,4,6,8H2,1-3H3,(H,21,27)(H,22,23). The molecule has 1 atom stereocenters. The second-order valence-corrected chi connectivity index (χ2v) is 7.20. The van der Waals surface area contributed by atoms with Crippen LogP contribution in [0.2, 0.25) is 0 Å². The predicted molar refractivity (Wildman–Crippen MR) is 102 cm³/mol. The number of aromatic nitrogens is 4. The van der Waals surface area contributed by atoms with E-state index >= 15 is 0 Å². The minimum absolute atomic E-state index is 0.0724. The lowest BCUT2D eigenvalue weighted by atomic mass is 9.88. The smallest absolute Gasteiger partial charge is 0.269 e. The molecule has 0 bridgehead atoms. The number of aryl methyl sites for hydroxylation is 3. The molecule has 1 aliphatic carbocycles. The first kappa shape index (κ1) is 17.3. The van der Waals surface area contributed by atoms with E-state index < -0.39 is 0 Å². The Kier molecular flexibility index (Phi) is 4.22. The quantitative estimate of drug-likeness (QED) is 0.664. The van der Waals surface area contributed by atoms with Crippen molar-refractivity contribution in [3.05, 3.63) is 52.5 Å². The van der Waals surface area contributed by atoms with Gasteiger partial charge in [0.1, 0.15) is 11.4 Å². The average Bonchev–Trinajstić information content (AvgIpc) is 3.20. The van der Waals surface area contributed by atoms with Crippen LogP contribution >= 0.6 is 0 Å². The zero-order chi connectivity index (χ0) is 19.1. The molecule has 1 amide bonds. The largest absolute Gasteiger partial charge is 0.508 e. The van der Waals surface area contributed by atoms with Crippen LogP contribution in [0.5, 0.6) is 5.75 Å². The van der Waals surface area contributed by atoms with Crippen LogP contribution < -0.4 is 5.32 Å². The Morgan fingerprint density at radius 1 is 1.30 bits per heavy atom. The number of hydrogen-bond donors (Lipinski definition) is 3. The molecule has 0 radical (unpaired) electrons. The van der Waals surface area contributed by atoms with Crippen molar-refractivity contribution in [3.8, 4) is 17.0 Å². The van der Waals surface area contributed by atoms with E-state index in [0.717, 1.165) is 47.5 Å². The Labute approximate surface area is 157 Å². The number of phenols is 1. The van der Waals surface area contributed by atoms with Crippen molar-refractivity contribution in [2.75, 3.05) is 0 Å². The Hall–Kier alpha value is -3.09. The second kappa shape index (κ2) is 6.57. The number of nitrogens with one attached hydrogen (secondary N) is 2. The van der Waals surface area contributed by atoms with Crippen LogP contribution in [0, 0.1) is 13.8 Å². The lowest BCUT2D eigenvalue weighted by molar-refractivity contribution is 0.0928. The number of carbonyl (C=O) groups excluding carboxylic acids is 1. The molecule has 7 nitrogen and oxygen atoms in total. The van der Waals surface area contributed by atoms with Gasteiger partial charge in [-0.05, 0) is 62.4 Å². The van der Waals surface area contributed by atoms with Crippen molar-refractivity contribution in [1.29, 1.82) is 0 Å². The first-order chi connectivity index (χ1) is 12.9. The highest BCUT2D eigenvalue weighted by molar-refractivity contribution is 5.93. The SMILES string of the molecule is Cc1nn(C)c(C)c1-c1cc(C(=O)NC2CCc3cc(O)ccc3C2)[nH]n1. The summed E-state index contributed by atoms with van der Waals surface area (Å²) in [5.41, 5.74) is 6.37. The minimum Gasteiger partial charge on any atom is -0.508 e. The molecule has 2 heterocycles. The van der Waals surface area contributed by atoms with E-state index in [1.807, 2.05) is 37.7 Å². The van der Waals surface area contributed by atoms with Crippen LogP contribution in [-0.2, 0) is 19.9 Å². The molecule has 140 valence electrons. The van der Waals surface area contributed by atoms with Gasteiger partial charge in [-0.1, -0.05) is 6.07 Å². The van der Waals surface area contributed by atoms with E-state index in [1.165, 1.54) is 5.56 Å². The maximum atomic E-state index is 12.7. The summed E-state index contributed by atoms with van der Waals surface area (Å²) in [7, 11) is 1.90. The van der Waals surface area contributed by atoms with Gasteiger partial charge in [-0.2, -0.15) is 10.2 Å². The number of amides is 1. The van der Waals surface area contributed by atoms with Crippen molar-refractivity contribution in [2.45, 2.75) is 39.2 Å². The van der Waals surface area contributed by atoms with Gasteiger partial charge in [-0.15, -0.1) is 0 Å². The van der Waals surface area contributed by atoms with E-state index in [4.69, 9.17) is 0 Å². The first-order valence-electron chi connectivity index (χ1n) is 9.10. The first-order valence-corrected chi connectivity index (χ1v) is 9.10. The van der Waals surface area contributed by atoms with Gasteiger partial charge in [-0.25, -0.2) is 0 Å². The summed E-state index contributed by atoms with van der Waals surface area (Å²) in [5.74, 6) is 0.141. The van der Waals surface area contributed by atoms with Crippen LogP contribution in [0.4, 0.5) is 0 Å². The van der Waals surface area contributed by atoms with E-state index in [1.54, 1.807) is 12.1 Å². The summed E-state index contributed by atoms with van der Waals surface area (Å²) in [5, 5.41) is 24.3. The zero-order valence-electron chi connectivity index (χ0n) is 15.7. The van der Waals surface area contributed by atoms with Gasteiger partial charge in [0.25, 0.3) is 5.91 Å². The topological polar surface area (TPSA) is 95.8 Å². The van der Waals surface area contributed by atoms with Gasteiger partial charge in [-0.3, -0.25) is 14.6 Å². The molecular weight excluding hydrogens is 342 g/mol. The van der Waals surface area contributed by atoms with Gasteiger partial charge in [0.2, 0.25) is 0 Å². The van der Waals surface area contributed by atoms with Crippen LogP contribution in [0.3, 0.4) is 0 Å².